The second-order valence-corrected chi connectivity index (χ2v) is 10.4. The summed E-state index contributed by atoms with van der Waals surface area (Å²) in [6.45, 7) is 2.83. The Labute approximate surface area is 235 Å². The molecule has 0 aromatic heterocycles. The Morgan fingerprint density at radius 1 is 0.925 bits per heavy atom. The van der Waals surface area contributed by atoms with Gasteiger partial charge in [-0.3, -0.25) is 4.79 Å². The van der Waals surface area contributed by atoms with Gasteiger partial charge in [-0.05, 0) is 70.8 Å². The number of fused-ring (bicyclic) bond motifs is 1. The second kappa shape index (κ2) is 12.4. The van der Waals surface area contributed by atoms with Crippen molar-refractivity contribution < 1.29 is 24.5 Å². The highest BCUT2D eigenvalue weighted by Crippen LogP contribution is 2.44. The largest absolute Gasteiger partial charge is 0.508 e. The summed E-state index contributed by atoms with van der Waals surface area (Å²) in [5, 5.41) is 24.9. The molecule has 0 saturated carbocycles. The predicted molar refractivity (Wildman–Crippen MR) is 154 cm³/mol. The molecular weight excluding hydrogens is 502 g/mol. The smallest absolute Gasteiger partial charge is 0.219 e. The van der Waals surface area contributed by atoms with Gasteiger partial charge in [0.25, 0.3) is 0 Å². The van der Waals surface area contributed by atoms with E-state index in [0.29, 0.717) is 39.1 Å². The molecule has 6 nitrogen and oxygen atoms in total. The number of hydrogen-bond donors (Lipinski definition) is 3. The Balaban J connectivity index is 1.46. The van der Waals surface area contributed by atoms with E-state index in [1.165, 1.54) is 6.92 Å². The van der Waals surface area contributed by atoms with E-state index >= 15 is 0 Å². The van der Waals surface area contributed by atoms with Gasteiger partial charge in [0.15, 0.2) is 0 Å². The average molecular weight is 538 g/mol. The molecule has 1 amide bonds. The van der Waals surface area contributed by atoms with Crippen LogP contribution in [0.2, 0.25) is 0 Å². The summed E-state index contributed by atoms with van der Waals surface area (Å²) < 4.78 is 12.3. The van der Waals surface area contributed by atoms with E-state index in [4.69, 9.17) is 9.47 Å². The molecule has 0 heterocycles. The molecule has 40 heavy (non-hydrogen) atoms. The third-order valence-electron chi connectivity index (χ3n) is 7.37. The maximum absolute atomic E-state index is 12.1. The lowest BCUT2D eigenvalue weighted by atomic mass is 9.72. The SMILES string of the molecule is CC(=O)N[C@]1(O)CCc2ccc(O)cc2[C@@H]1c1ccc(OCc2ccccc2)c(CCOCc2ccccc2)c1. The van der Waals surface area contributed by atoms with Crippen molar-refractivity contribution in [2.24, 2.45) is 0 Å². The number of ether oxygens (including phenoxy) is 2. The number of rotatable bonds is 10. The van der Waals surface area contributed by atoms with Crippen LogP contribution in [0, 0.1) is 0 Å². The van der Waals surface area contributed by atoms with Crippen molar-refractivity contribution in [2.45, 2.75) is 51.0 Å². The van der Waals surface area contributed by atoms with Gasteiger partial charge >= 0.3 is 0 Å². The molecule has 3 N–H and O–H groups in total. The number of phenolic OH excluding ortho intramolecular Hbond substituents is 1. The summed E-state index contributed by atoms with van der Waals surface area (Å²) in [5.41, 5.74) is 4.28. The zero-order chi connectivity index (χ0) is 28.0. The van der Waals surface area contributed by atoms with Crippen molar-refractivity contribution in [3.8, 4) is 11.5 Å². The van der Waals surface area contributed by atoms with E-state index in [9.17, 15) is 15.0 Å². The Bertz CT molecular complexity index is 1440. The molecule has 1 aliphatic rings. The monoisotopic (exact) mass is 537 g/mol. The van der Waals surface area contributed by atoms with E-state index in [1.807, 2.05) is 84.9 Å². The van der Waals surface area contributed by atoms with Gasteiger partial charge in [-0.25, -0.2) is 0 Å². The normalized spacial score (nSPS) is 18.1. The van der Waals surface area contributed by atoms with Crippen LogP contribution in [0.15, 0.2) is 97.1 Å². The van der Waals surface area contributed by atoms with Crippen LogP contribution in [0.25, 0.3) is 0 Å². The first kappa shape index (κ1) is 27.4. The highest BCUT2D eigenvalue weighted by Gasteiger charge is 2.43. The first-order valence-corrected chi connectivity index (χ1v) is 13.7. The lowest BCUT2D eigenvalue weighted by Crippen LogP contribution is -2.54. The number of carbonyl (C=O) groups excluding carboxylic acids is 1. The van der Waals surface area contributed by atoms with Gasteiger partial charge in [-0.1, -0.05) is 78.9 Å². The third-order valence-corrected chi connectivity index (χ3v) is 7.37. The fourth-order valence-corrected chi connectivity index (χ4v) is 5.50. The lowest BCUT2D eigenvalue weighted by molar-refractivity contribution is -0.128. The predicted octanol–water partition coefficient (Wildman–Crippen LogP) is 5.63. The molecule has 1 aliphatic carbocycles. The zero-order valence-electron chi connectivity index (χ0n) is 22.7. The number of aliphatic hydroxyl groups is 1. The number of phenols is 1. The standard InChI is InChI=1S/C34H35NO5/c1-24(36)35-34(38)18-16-27-12-14-30(37)21-31(27)33(34)29-13-15-32(40-23-26-10-6-3-7-11-26)28(20-29)17-19-39-22-25-8-4-2-5-9-25/h2-15,20-21,33,37-38H,16-19,22-23H2,1H3,(H,35,36)/t33-,34-/m0/s1. The minimum Gasteiger partial charge on any atom is -0.508 e. The summed E-state index contributed by atoms with van der Waals surface area (Å²) >= 11 is 0. The Morgan fingerprint density at radius 2 is 1.62 bits per heavy atom. The molecule has 0 saturated heterocycles. The Morgan fingerprint density at radius 3 is 2.33 bits per heavy atom. The molecule has 4 aromatic rings. The highest BCUT2D eigenvalue weighted by molar-refractivity contribution is 5.74. The van der Waals surface area contributed by atoms with Crippen LogP contribution in [0.1, 0.15) is 52.6 Å². The van der Waals surface area contributed by atoms with Gasteiger partial charge in [0.05, 0.1) is 19.1 Å². The number of benzene rings is 4. The topological polar surface area (TPSA) is 88.0 Å². The van der Waals surface area contributed by atoms with Gasteiger partial charge in [-0.15, -0.1) is 0 Å². The number of aromatic hydroxyl groups is 1. The van der Waals surface area contributed by atoms with Crippen LogP contribution >= 0.6 is 0 Å². The second-order valence-electron chi connectivity index (χ2n) is 10.4. The third kappa shape index (κ3) is 6.53. The molecule has 206 valence electrons. The van der Waals surface area contributed by atoms with E-state index in [0.717, 1.165) is 39.1 Å². The summed E-state index contributed by atoms with van der Waals surface area (Å²) in [5.74, 6) is -0.0213. The first-order chi connectivity index (χ1) is 19.4. The summed E-state index contributed by atoms with van der Waals surface area (Å²) in [6, 6.07) is 31.2. The van der Waals surface area contributed by atoms with Gasteiger partial charge < -0.3 is 25.0 Å². The summed E-state index contributed by atoms with van der Waals surface area (Å²) in [7, 11) is 0. The molecule has 0 unspecified atom stereocenters. The van der Waals surface area contributed by atoms with Crippen LogP contribution in [-0.4, -0.2) is 28.5 Å². The molecule has 2 atom stereocenters. The highest BCUT2D eigenvalue weighted by atomic mass is 16.5. The summed E-state index contributed by atoms with van der Waals surface area (Å²) in [6.07, 6.45) is 1.54. The number of hydrogen-bond acceptors (Lipinski definition) is 5. The maximum atomic E-state index is 12.1. The van der Waals surface area contributed by atoms with Crippen molar-refractivity contribution in [1.29, 1.82) is 0 Å². The van der Waals surface area contributed by atoms with Crippen molar-refractivity contribution in [1.82, 2.24) is 5.32 Å². The minimum atomic E-state index is -1.50. The number of carbonyl (C=O) groups is 1. The van der Waals surface area contributed by atoms with Crippen LogP contribution in [0.4, 0.5) is 0 Å². The van der Waals surface area contributed by atoms with Gasteiger partial charge in [-0.2, -0.15) is 0 Å². The number of aryl methyl sites for hydroxylation is 1. The number of amides is 1. The Kier molecular flexibility index (Phi) is 8.48. The van der Waals surface area contributed by atoms with Crippen LogP contribution in [-0.2, 0) is 35.6 Å². The quantitative estimate of drug-likeness (QED) is 0.180. The van der Waals surface area contributed by atoms with Crippen LogP contribution < -0.4 is 10.1 Å². The molecule has 0 spiro atoms. The van der Waals surface area contributed by atoms with Gasteiger partial charge in [0, 0.05) is 6.92 Å². The molecule has 6 heteroatoms. The van der Waals surface area contributed by atoms with E-state index in [1.54, 1.807) is 12.1 Å². The Hall–Kier alpha value is -4.13. The van der Waals surface area contributed by atoms with Crippen molar-refractivity contribution in [3.05, 3.63) is 130 Å². The molecule has 0 fully saturated rings. The van der Waals surface area contributed by atoms with Crippen LogP contribution in [0.5, 0.6) is 11.5 Å². The number of nitrogens with one attached hydrogen (secondary N) is 1. The van der Waals surface area contributed by atoms with Crippen molar-refractivity contribution in [3.63, 3.8) is 0 Å². The van der Waals surface area contributed by atoms with E-state index in [-0.39, 0.29) is 11.7 Å². The molecule has 4 aromatic carbocycles. The maximum Gasteiger partial charge on any atom is 0.219 e. The van der Waals surface area contributed by atoms with Crippen LogP contribution in [0.3, 0.4) is 0 Å². The minimum absolute atomic E-state index is 0.119. The molecule has 0 aliphatic heterocycles. The zero-order valence-corrected chi connectivity index (χ0v) is 22.7. The molecule has 0 radical (unpaired) electrons. The molecule has 0 bridgehead atoms. The fourth-order valence-electron chi connectivity index (χ4n) is 5.50. The van der Waals surface area contributed by atoms with Gasteiger partial charge in [0.2, 0.25) is 5.91 Å². The lowest BCUT2D eigenvalue weighted by Gasteiger charge is -2.42. The van der Waals surface area contributed by atoms with E-state index in [2.05, 4.69) is 5.32 Å². The van der Waals surface area contributed by atoms with Gasteiger partial charge in [0.1, 0.15) is 23.8 Å². The first-order valence-electron chi connectivity index (χ1n) is 13.7. The summed E-state index contributed by atoms with van der Waals surface area (Å²) in [4.78, 5) is 12.1. The van der Waals surface area contributed by atoms with Crippen molar-refractivity contribution >= 4 is 5.91 Å². The van der Waals surface area contributed by atoms with E-state index < -0.39 is 11.6 Å². The molecular formula is C34H35NO5. The molecule has 5 rings (SSSR count). The average Bonchev–Trinajstić information content (AvgIpc) is 2.95. The van der Waals surface area contributed by atoms with Crippen molar-refractivity contribution in [2.75, 3.05) is 6.61 Å². The fraction of sp³-hybridized carbons (Fsp3) is 0.265.